The molecule has 1 N–H and O–H groups in total. The summed E-state index contributed by atoms with van der Waals surface area (Å²) in [6.45, 7) is 2.68. The average molecular weight is 456 g/mol. The highest BCUT2D eigenvalue weighted by molar-refractivity contribution is 7.89. The first-order valence-electron chi connectivity index (χ1n) is 10.2. The van der Waals surface area contributed by atoms with Gasteiger partial charge in [0.05, 0.1) is 19.8 Å². The number of nitrogens with zero attached hydrogens (tertiary/aromatic N) is 2. The van der Waals surface area contributed by atoms with E-state index in [4.69, 9.17) is 9.47 Å². The Kier molecular flexibility index (Phi) is 6.31. The molecular formula is C23H25N3O5S. The fourth-order valence-corrected chi connectivity index (χ4v) is 5.30. The van der Waals surface area contributed by atoms with Gasteiger partial charge in [0, 0.05) is 42.4 Å². The number of aromatic nitrogens is 1. The third-order valence-corrected chi connectivity index (χ3v) is 7.14. The molecule has 9 heteroatoms. The van der Waals surface area contributed by atoms with Crippen LogP contribution < -0.4 is 10.1 Å². The van der Waals surface area contributed by atoms with Crippen molar-refractivity contribution in [1.82, 2.24) is 8.87 Å². The van der Waals surface area contributed by atoms with Gasteiger partial charge < -0.3 is 19.4 Å². The lowest BCUT2D eigenvalue weighted by atomic mass is 10.2. The van der Waals surface area contributed by atoms with Crippen LogP contribution in [-0.4, -0.2) is 56.1 Å². The van der Waals surface area contributed by atoms with E-state index in [1.165, 1.54) is 17.5 Å². The van der Waals surface area contributed by atoms with Gasteiger partial charge in [0.2, 0.25) is 10.0 Å². The molecule has 1 aliphatic heterocycles. The zero-order chi connectivity index (χ0) is 22.7. The first-order chi connectivity index (χ1) is 15.4. The van der Waals surface area contributed by atoms with Crippen LogP contribution in [0, 0.1) is 0 Å². The van der Waals surface area contributed by atoms with Crippen LogP contribution in [0.3, 0.4) is 0 Å². The van der Waals surface area contributed by atoms with E-state index in [0.717, 1.165) is 5.69 Å². The first-order valence-corrected chi connectivity index (χ1v) is 11.7. The van der Waals surface area contributed by atoms with Crippen LogP contribution in [0.1, 0.15) is 17.3 Å². The van der Waals surface area contributed by atoms with Gasteiger partial charge in [-0.15, -0.1) is 0 Å². The molecule has 1 saturated heterocycles. The third-order valence-electron chi connectivity index (χ3n) is 5.25. The molecule has 0 spiro atoms. The van der Waals surface area contributed by atoms with Gasteiger partial charge in [-0.2, -0.15) is 4.31 Å². The number of carbonyl (C=O) groups is 1. The maximum Gasteiger partial charge on any atom is 0.255 e. The summed E-state index contributed by atoms with van der Waals surface area (Å²) in [6.07, 6.45) is 3.59. The fraction of sp³-hybridized carbons (Fsp3) is 0.261. The highest BCUT2D eigenvalue weighted by atomic mass is 32.2. The van der Waals surface area contributed by atoms with E-state index in [0.29, 0.717) is 17.9 Å². The average Bonchev–Trinajstić information content (AvgIpc) is 3.34. The minimum atomic E-state index is -3.82. The largest absolute Gasteiger partial charge is 0.495 e. The number of amides is 1. The van der Waals surface area contributed by atoms with Crippen molar-refractivity contribution in [3.63, 3.8) is 0 Å². The van der Waals surface area contributed by atoms with Gasteiger partial charge in [0.15, 0.2) is 0 Å². The number of ether oxygens (including phenoxy) is 2. The lowest BCUT2D eigenvalue weighted by Gasteiger charge is -2.30. The van der Waals surface area contributed by atoms with Crippen LogP contribution >= 0.6 is 0 Å². The summed E-state index contributed by atoms with van der Waals surface area (Å²) < 4.78 is 40.6. The highest BCUT2D eigenvalue weighted by Crippen LogP contribution is 2.31. The minimum absolute atomic E-state index is 0.00740. The smallest absolute Gasteiger partial charge is 0.255 e. The van der Waals surface area contributed by atoms with Crippen LogP contribution in [0.4, 0.5) is 5.69 Å². The lowest BCUT2D eigenvalue weighted by Crippen LogP contribution is -2.44. The van der Waals surface area contributed by atoms with Crippen LogP contribution in [0.15, 0.2) is 71.9 Å². The van der Waals surface area contributed by atoms with Crippen molar-refractivity contribution in [2.45, 2.75) is 17.9 Å². The summed E-state index contributed by atoms with van der Waals surface area (Å²) in [5, 5.41) is 2.79. The van der Waals surface area contributed by atoms with Crippen molar-refractivity contribution in [3.8, 4) is 11.4 Å². The molecular weight excluding hydrogens is 430 g/mol. The van der Waals surface area contributed by atoms with Gasteiger partial charge in [0.25, 0.3) is 5.91 Å². The summed E-state index contributed by atoms with van der Waals surface area (Å²) in [6, 6.07) is 15.6. The molecule has 3 aromatic rings. The quantitative estimate of drug-likeness (QED) is 0.617. The molecule has 2 heterocycles. The van der Waals surface area contributed by atoms with Crippen molar-refractivity contribution in [2.24, 2.45) is 0 Å². The number of benzene rings is 2. The van der Waals surface area contributed by atoms with Crippen LogP contribution in [-0.2, 0) is 14.8 Å². The Morgan fingerprint density at radius 3 is 2.62 bits per heavy atom. The van der Waals surface area contributed by atoms with Crippen molar-refractivity contribution in [2.75, 3.05) is 32.1 Å². The Morgan fingerprint density at radius 2 is 1.91 bits per heavy atom. The Hall–Kier alpha value is -3.14. The normalized spacial score (nSPS) is 17.1. The van der Waals surface area contributed by atoms with Crippen LogP contribution in [0.5, 0.6) is 5.75 Å². The predicted molar refractivity (Wildman–Crippen MR) is 121 cm³/mol. The molecule has 1 unspecified atom stereocenters. The molecule has 1 atom stereocenters. The fourth-order valence-electron chi connectivity index (χ4n) is 3.62. The van der Waals surface area contributed by atoms with Gasteiger partial charge >= 0.3 is 0 Å². The van der Waals surface area contributed by atoms with Gasteiger partial charge in [0.1, 0.15) is 10.6 Å². The number of methoxy groups -OCH3 is 1. The summed E-state index contributed by atoms with van der Waals surface area (Å²) >= 11 is 0. The second kappa shape index (κ2) is 9.15. The van der Waals surface area contributed by atoms with Crippen molar-refractivity contribution in [3.05, 3.63) is 72.6 Å². The van der Waals surface area contributed by atoms with Crippen molar-refractivity contribution >= 4 is 21.6 Å². The second-order valence-electron chi connectivity index (χ2n) is 7.50. The number of nitrogens with one attached hydrogen (secondary N) is 1. The Labute approximate surface area is 187 Å². The van der Waals surface area contributed by atoms with Crippen molar-refractivity contribution < 1.29 is 22.7 Å². The predicted octanol–water partition coefficient (Wildman–Crippen LogP) is 3.15. The standard InChI is InChI=1S/C23H25N3O5S/c1-17-16-26(12-13-31-17)32(28,29)22-15-19(8-9-21(22)30-2)24-23(27)18-6-5-7-20(14-18)25-10-3-4-11-25/h3-11,14-15,17H,12-13,16H2,1-2H3,(H,24,27). The number of hydrogen-bond acceptors (Lipinski definition) is 5. The van der Waals surface area contributed by atoms with E-state index >= 15 is 0 Å². The maximum atomic E-state index is 13.3. The SMILES string of the molecule is COc1ccc(NC(=O)c2cccc(-n3cccc3)c2)cc1S(=O)(=O)N1CCOC(C)C1. The Morgan fingerprint density at radius 1 is 1.12 bits per heavy atom. The highest BCUT2D eigenvalue weighted by Gasteiger charge is 2.31. The number of morpholine rings is 1. The number of hydrogen-bond donors (Lipinski definition) is 1. The molecule has 1 amide bonds. The molecule has 1 aliphatic rings. The van der Waals surface area contributed by atoms with Gasteiger partial charge in [-0.3, -0.25) is 4.79 Å². The lowest BCUT2D eigenvalue weighted by molar-refractivity contribution is 0.0101. The molecule has 2 aromatic carbocycles. The molecule has 0 bridgehead atoms. The summed E-state index contributed by atoms with van der Waals surface area (Å²) in [4.78, 5) is 12.9. The molecule has 1 fully saturated rings. The number of carbonyl (C=O) groups excluding carboxylic acids is 1. The number of anilines is 1. The van der Waals surface area contributed by atoms with E-state index in [2.05, 4.69) is 5.32 Å². The van der Waals surface area contributed by atoms with Gasteiger partial charge in [-0.1, -0.05) is 6.07 Å². The Bertz CT molecular complexity index is 1210. The molecule has 0 radical (unpaired) electrons. The summed E-state index contributed by atoms with van der Waals surface area (Å²) in [7, 11) is -2.41. The zero-order valence-electron chi connectivity index (χ0n) is 17.9. The monoisotopic (exact) mass is 455 g/mol. The molecule has 1 aromatic heterocycles. The van der Waals surface area contributed by atoms with Crippen molar-refractivity contribution in [1.29, 1.82) is 0 Å². The molecule has 8 nitrogen and oxygen atoms in total. The third kappa shape index (κ3) is 4.55. The van der Waals surface area contributed by atoms with E-state index in [9.17, 15) is 13.2 Å². The zero-order valence-corrected chi connectivity index (χ0v) is 18.7. The van der Waals surface area contributed by atoms with Crippen LogP contribution in [0.2, 0.25) is 0 Å². The first kappa shape index (κ1) is 22.1. The number of sulfonamides is 1. The molecule has 168 valence electrons. The molecule has 0 saturated carbocycles. The maximum absolute atomic E-state index is 13.3. The molecule has 32 heavy (non-hydrogen) atoms. The summed E-state index contributed by atoms with van der Waals surface area (Å²) in [5.74, 6) is -0.121. The summed E-state index contributed by atoms with van der Waals surface area (Å²) in [5.41, 5.74) is 1.67. The number of rotatable bonds is 6. The van der Waals surface area contributed by atoms with Crippen LogP contribution in [0.25, 0.3) is 5.69 Å². The second-order valence-corrected chi connectivity index (χ2v) is 9.41. The molecule has 0 aliphatic carbocycles. The molecule has 4 rings (SSSR count). The van der Waals surface area contributed by atoms with E-state index < -0.39 is 10.0 Å². The Balaban J connectivity index is 1.60. The van der Waals surface area contributed by atoms with Gasteiger partial charge in [-0.05, 0) is 55.5 Å². The van der Waals surface area contributed by atoms with E-state index in [1.807, 2.05) is 42.1 Å². The topological polar surface area (TPSA) is 89.9 Å². The van der Waals surface area contributed by atoms with E-state index in [-0.39, 0.29) is 35.7 Å². The van der Waals surface area contributed by atoms with E-state index in [1.54, 1.807) is 30.3 Å². The van der Waals surface area contributed by atoms with Gasteiger partial charge in [-0.25, -0.2) is 8.42 Å². The minimum Gasteiger partial charge on any atom is -0.495 e.